The number of nitrogens with one attached hydrogen (secondary N) is 1. The Kier molecular flexibility index (Phi) is 4.02. The molecule has 1 saturated carbocycles. The van der Waals surface area contributed by atoms with E-state index in [1.807, 2.05) is 6.07 Å². The van der Waals surface area contributed by atoms with E-state index >= 15 is 0 Å². The van der Waals surface area contributed by atoms with Crippen molar-refractivity contribution in [1.29, 1.82) is 0 Å². The molecule has 0 radical (unpaired) electrons. The SMILES string of the molecule is CC(CCc1ccccc1)NC(N)=NC1CC1. The summed E-state index contributed by atoms with van der Waals surface area (Å²) in [7, 11) is 0. The summed E-state index contributed by atoms with van der Waals surface area (Å²) in [6, 6.07) is 11.4. The van der Waals surface area contributed by atoms with Gasteiger partial charge < -0.3 is 11.1 Å². The first kappa shape index (κ1) is 12.0. The molecule has 2 rings (SSSR count). The highest BCUT2D eigenvalue weighted by molar-refractivity contribution is 5.78. The molecule has 0 bridgehead atoms. The zero-order chi connectivity index (χ0) is 12.1. The Morgan fingerprint density at radius 1 is 1.41 bits per heavy atom. The lowest BCUT2D eigenvalue weighted by Gasteiger charge is -2.14. The summed E-state index contributed by atoms with van der Waals surface area (Å²) in [6.45, 7) is 2.15. The van der Waals surface area contributed by atoms with Gasteiger partial charge in [0.05, 0.1) is 6.04 Å². The Bertz CT molecular complexity index is 368. The third-order valence-corrected chi connectivity index (χ3v) is 2.97. The largest absolute Gasteiger partial charge is 0.370 e. The van der Waals surface area contributed by atoms with Crippen LogP contribution in [0, 0.1) is 0 Å². The average Bonchev–Trinajstić information content (AvgIpc) is 3.11. The van der Waals surface area contributed by atoms with Gasteiger partial charge in [-0.15, -0.1) is 0 Å². The average molecular weight is 231 g/mol. The van der Waals surface area contributed by atoms with Gasteiger partial charge in [0.1, 0.15) is 0 Å². The summed E-state index contributed by atoms with van der Waals surface area (Å²) in [6.07, 6.45) is 4.54. The van der Waals surface area contributed by atoms with E-state index in [4.69, 9.17) is 5.73 Å². The summed E-state index contributed by atoms with van der Waals surface area (Å²) < 4.78 is 0. The Balaban J connectivity index is 1.71. The van der Waals surface area contributed by atoms with Gasteiger partial charge in [-0.1, -0.05) is 30.3 Å². The molecule has 3 nitrogen and oxygen atoms in total. The van der Waals surface area contributed by atoms with Gasteiger partial charge in [0.2, 0.25) is 0 Å². The molecule has 3 N–H and O–H groups in total. The second kappa shape index (κ2) is 5.71. The molecular formula is C14H21N3. The van der Waals surface area contributed by atoms with Crippen molar-refractivity contribution < 1.29 is 0 Å². The molecule has 0 saturated heterocycles. The number of guanidine groups is 1. The first-order valence-corrected chi connectivity index (χ1v) is 6.38. The Morgan fingerprint density at radius 2 is 2.12 bits per heavy atom. The molecule has 17 heavy (non-hydrogen) atoms. The molecule has 0 aliphatic heterocycles. The molecule has 92 valence electrons. The first-order chi connectivity index (χ1) is 8.24. The van der Waals surface area contributed by atoms with E-state index in [1.165, 1.54) is 18.4 Å². The van der Waals surface area contributed by atoms with Crippen molar-refractivity contribution in [1.82, 2.24) is 5.32 Å². The summed E-state index contributed by atoms with van der Waals surface area (Å²) in [4.78, 5) is 4.37. The van der Waals surface area contributed by atoms with E-state index in [0.717, 1.165) is 12.8 Å². The zero-order valence-corrected chi connectivity index (χ0v) is 10.4. The number of hydrogen-bond donors (Lipinski definition) is 2. The maximum atomic E-state index is 5.82. The standard InChI is InChI=1S/C14H21N3/c1-11(16-14(15)17-13-9-10-13)7-8-12-5-3-2-4-6-12/h2-6,11,13H,7-10H2,1H3,(H3,15,16,17). The molecule has 0 spiro atoms. The molecule has 0 amide bonds. The van der Waals surface area contributed by atoms with Gasteiger partial charge in [0, 0.05) is 6.04 Å². The van der Waals surface area contributed by atoms with Crippen LogP contribution in [0.5, 0.6) is 0 Å². The smallest absolute Gasteiger partial charge is 0.189 e. The molecular weight excluding hydrogens is 210 g/mol. The van der Waals surface area contributed by atoms with Crippen LogP contribution in [0.15, 0.2) is 35.3 Å². The lowest BCUT2D eigenvalue weighted by atomic mass is 10.1. The van der Waals surface area contributed by atoms with Crippen molar-refractivity contribution in [3.8, 4) is 0 Å². The lowest BCUT2D eigenvalue weighted by molar-refractivity contribution is 0.602. The molecule has 1 atom stereocenters. The summed E-state index contributed by atoms with van der Waals surface area (Å²) in [5.74, 6) is 0.605. The van der Waals surface area contributed by atoms with Crippen molar-refractivity contribution in [2.24, 2.45) is 10.7 Å². The highest BCUT2D eigenvalue weighted by Crippen LogP contribution is 2.22. The maximum absolute atomic E-state index is 5.82. The van der Waals surface area contributed by atoms with E-state index in [-0.39, 0.29) is 0 Å². The van der Waals surface area contributed by atoms with E-state index in [0.29, 0.717) is 18.0 Å². The molecule has 1 aliphatic carbocycles. The molecule has 3 heteroatoms. The fraction of sp³-hybridized carbons (Fsp3) is 0.500. The summed E-state index contributed by atoms with van der Waals surface area (Å²) >= 11 is 0. The number of benzene rings is 1. The molecule has 1 aromatic carbocycles. The van der Waals surface area contributed by atoms with Crippen LogP contribution < -0.4 is 11.1 Å². The van der Waals surface area contributed by atoms with Crippen LogP contribution >= 0.6 is 0 Å². The van der Waals surface area contributed by atoms with Crippen molar-refractivity contribution in [3.05, 3.63) is 35.9 Å². The normalized spacial score (nSPS) is 17.8. The zero-order valence-electron chi connectivity index (χ0n) is 10.4. The predicted octanol–water partition coefficient (Wildman–Crippen LogP) is 2.07. The third-order valence-electron chi connectivity index (χ3n) is 2.97. The van der Waals surface area contributed by atoms with Gasteiger partial charge in [0.25, 0.3) is 0 Å². The van der Waals surface area contributed by atoms with E-state index < -0.39 is 0 Å². The quantitative estimate of drug-likeness (QED) is 0.602. The van der Waals surface area contributed by atoms with E-state index in [1.54, 1.807) is 0 Å². The summed E-state index contributed by atoms with van der Waals surface area (Å²) in [5.41, 5.74) is 7.20. The van der Waals surface area contributed by atoms with Crippen LogP contribution in [-0.2, 0) is 6.42 Å². The van der Waals surface area contributed by atoms with Gasteiger partial charge in [-0.05, 0) is 38.2 Å². The van der Waals surface area contributed by atoms with Crippen LogP contribution in [0.1, 0.15) is 31.7 Å². The Labute approximate surface area is 103 Å². The molecule has 1 fully saturated rings. The van der Waals surface area contributed by atoms with Crippen molar-refractivity contribution >= 4 is 5.96 Å². The van der Waals surface area contributed by atoms with Gasteiger partial charge in [0.15, 0.2) is 5.96 Å². The van der Waals surface area contributed by atoms with Crippen LogP contribution in [-0.4, -0.2) is 18.0 Å². The topological polar surface area (TPSA) is 50.4 Å². The monoisotopic (exact) mass is 231 g/mol. The molecule has 1 aliphatic rings. The van der Waals surface area contributed by atoms with Gasteiger partial charge in [-0.2, -0.15) is 0 Å². The minimum Gasteiger partial charge on any atom is -0.370 e. The fourth-order valence-electron chi connectivity index (χ4n) is 1.79. The molecule has 1 unspecified atom stereocenters. The second-order valence-electron chi connectivity index (χ2n) is 4.82. The number of aryl methyl sites for hydroxylation is 1. The molecule has 1 aromatic rings. The summed E-state index contributed by atoms with van der Waals surface area (Å²) in [5, 5.41) is 3.25. The van der Waals surface area contributed by atoms with Crippen LogP contribution in [0.3, 0.4) is 0 Å². The Hall–Kier alpha value is -1.51. The van der Waals surface area contributed by atoms with Crippen molar-refractivity contribution in [2.45, 2.75) is 44.7 Å². The second-order valence-corrected chi connectivity index (χ2v) is 4.82. The lowest BCUT2D eigenvalue weighted by Crippen LogP contribution is -2.38. The molecule has 0 heterocycles. The number of hydrogen-bond acceptors (Lipinski definition) is 1. The first-order valence-electron chi connectivity index (χ1n) is 6.38. The third kappa shape index (κ3) is 4.47. The van der Waals surface area contributed by atoms with Crippen LogP contribution in [0.25, 0.3) is 0 Å². The van der Waals surface area contributed by atoms with Crippen molar-refractivity contribution in [3.63, 3.8) is 0 Å². The number of aliphatic imine (C=N–C) groups is 1. The predicted molar refractivity (Wildman–Crippen MR) is 72.0 cm³/mol. The maximum Gasteiger partial charge on any atom is 0.189 e. The number of rotatable bonds is 5. The highest BCUT2D eigenvalue weighted by Gasteiger charge is 2.20. The highest BCUT2D eigenvalue weighted by atomic mass is 15.1. The Morgan fingerprint density at radius 3 is 2.76 bits per heavy atom. The fourth-order valence-corrected chi connectivity index (χ4v) is 1.79. The van der Waals surface area contributed by atoms with E-state index in [2.05, 4.69) is 41.5 Å². The van der Waals surface area contributed by atoms with Crippen LogP contribution in [0.2, 0.25) is 0 Å². The minimum absolute atomic E-state index is 0.373. The molecule has 0 aromatic heterocycles. The van der Waals surface area contributed by atoms with E-state index in [9.17, 15) is 0 Å². The number of nitrogens with two attached hydrogens (primary N) is 1. The van der Waals surface area contributed by atoms with Crippen LogP contribution in [0.4, 0.5) is 0 Å². The van der Waals surface area contributed by atoms with Gasteiger partial charge in [-0.25, -0.2) is 0 Å². The minimum atomic E-state index is 0.373. The number of nitrogens with zero attached hydrogens (tertiary/aromatic N) is 1. The van der Waals surface area contributed by atoms with Crippen molar-refractivity contribution in [2.75, 3.05) is 0 Å². The van der Waals surface area contributed by atoms with Gasteiger partial charge in [-0.3, -0.25) is 4.99 Å². The van der Waals surface area contributed by atoms with Gasteiger partial charge >= 0.3 is 0 Å².